The summed E-state index contributed by atoms with van der Waals surface area (Å²) >= 11 is 4.61. The van der Waals surface area contributed by atoms with Crippen LogP contribution in [0, 0.1) is 0 Å². The van der Waals surface area contributed by atoms with Gasteiger partial charge in [0, 0.05) is 11.8 Å². The van der Waals surface area contributed by atoms with Crippen molar-refractivity contribution >= 4 is 27.0 Å². The molecule has 0 spiro atoms. The molecule has 1 aromatic carbocycles. The molecule has 0 heterocycles. The van der Waals surface area contributed by atoms with Gasteiger partial charge < -0.3 is 10.5 Å². The molecule has 0 atom stereocenters. The summed E-state index contributed by atoms with van der Waals surface area (Å²) in [5, 5.41) is 0. The minimum absolute atomic E-state index is 0.0581. The molecule has 1 rings (SSSR count). The fourth-order valence-corrected chi connectivity index (χ4v) is 1.85. The molecule has 0 unspecified atom stereocenters. The van der Waals surface area contributed by atoms with E-state index in [9.17, 15) is 21.6 Å². The van der Waals surface area contributed by atoms with Gasteiger partial charge in [0.25, 0.3) is 0 Å². The van der Waals surface area contributed by atoms with Gasteiger partial charge in [-0.05, 0) is 18.2 Å². The molecule has 9 heteroatoms. The molecule has 0 bridgehead atoms. The molecule has 4 nitrogen and oxygen atoms in total. The molecule has 0 amide bonds. The number of nitrogens with two attached hydrogens (primary N) is 1. The maximum atomic E-state index is 12.9. The molecule has 0 aromatic heterocycles. The Hall–Kier alpha value is -1.35. The molecule has 2 N–H and O–H groups in total. The van der Waals surface area contributed by atoms with Crippen molar-refractivity contribution in [3.05, 3.63) is 29.3 Å². The zero-order valence-corrected chi connectivity index (χ0v) is 12.0. The van der Waals surface area contributed by atoms with Gasteiger partial charge in [-0.15, -0.1) is 0 Å². The highest BCUT2D eigenvalue weighted by Crippen LogP contribution is 2.36. The van der Waals surface area contributed by atoms with Crippen LogP contribution in [0.1, 0.15) is 11.1 Å². The molecular weight excluding hydrogens is 315 g/mol. The van der Waals surface area contributed by atoms with Crippen LogP contribution < -0.4 is 10.5 Å². The first kappa shape index (κ1) is 16.7. The molecule has 0 aliphatic heterocycles. The lowest BCUT2D eigenvalue weighted by atomic mass is 10.1. The maximum absolute atomic E-state index is 12.9. The first-order valence-electron chi connectivity index (χ1n) is 5.32. The molecular formula is C11H12F3NO3S2. The van der Waals surface area contributed by atoms with Crippen molar-refractivity contribution in [2.75, 3.05) is 18.6 Å². The van der Waals surface area contributed by atoms with E-state index in [0.29, 0.717) is 0 Å². The first-order valence-corrected chi connectivity index (χ1v) is 7.79. The number of alkyl halides is 3. The van der Waals surface area contributed by atoms with Gasteiger partial charge in [0.1, 0.15) is 17.3 Å². The third-order valence-electron chi connectivity index (χ3n) is 2.28. The molecule has 0 fully saturated rings. The van der Waals surface area contributed by atoms with Crippen LogP contribution in [0.3, 0.4) is 0 Å². The highest BCUT2D eigenvalue weighted by molar-refractivity contribution is 7.90. The van der Waals surface area contributed by atoms with Gasteiger partial charge in [-0.25, -0.2) is 8.42 Å². The second-order valence-electron chi connectivity index (χ2n) is 4.05. The van der Waals surface area contributed by atoms with E-state index in [1.54, 1.807) is 0 Å². The van der Waals surface area contributed by atoms with Crippen LogP contribution in [0.5, 0.6) is 5.75 Å². The van der Waals surface area contributed by atoms with E-state index in [2.05, 4.69) is 12.2 Å². The number of ether oxygens (including phenoxy) is 1. The smallest absolute Gasteiger partial charge is 0.419 e. The van der Waals surface area contributed by atoms with Crippen molar-refractivity contribution < 1.29 is 26.3 Å². The monoisotopic (exact) mass is 327 g/mol. The lowest BCUT2D eigenvalue weighted by molar-refractivity contribution is -0.138. The Morgan fingerprint density at radius 1 is 1.40 bits per heavy atom. The Labute approximate surface area is 119 Å². The minimum atomic E-state index is -4.65. The van der Waals surface area contributed by atoms with Crippen molar-refractivity contribution in [3.8, 4) is 5.75 Å². The fraction of sp³-hybridized carbons (Fsp3) is 0.364. The summed E-state index contributed by atoms with van der Waals surface area (Å²) < 4.78 is 65.3. The molecule has 20 heavy (non-hydrogen) atoms. The second kappa shape index (κ2) is 5.96. The average molecular weight is 327 g/mol. The Morgan fingerprint density at radius 2 is 2.00 bits per heavy atom. The van der Waals surface area contributed by atoms with Crippen molar-refractivity contribution in [2.45, 2.75) is 6.18 Å². The third kappa shape index (κ3) is 4.97. The number of hydrogen-bond donors (Lipinski definition) is 1. The Morgan fingerprint density at radius 3 is 2.45 bits per heavy atom. The summed E-state index contributed by atoms with van der Waals surface area (Å²) in [7, 11) is -3.31. The summed E-state index contributed by atoms with van der Waals surface area (Å²) in [6.45, 7) is -0.367. The van der Waals surface area contributed by atoms with Crippen LogP contribution >= 0.6 is 12.2 Å². The highest BCUT2D eigenvalue weighted by Gasteiger charge is 2.34. The Balaban J connectivity index is 3.04. The van der Waals surface area contributed by atoms with Crippen LogP contribution in [-0.2, 0) is 16.0 Å². The molecule has 0 saturated heterocycles. The quantitative estimate of drug-likeness (QED) is 0.835. The highest BCUT2D eigenvalue weighted by atomic mass is 32.2. The van der Waals surface area contributed by atoms with Crippen molar-refractivity contribution in [3.63, 3.8) is 0 Å². The summed E-state index contributed by atoms with van der Waals surface area (Å²) in [5.41, 5.74) is 4.29. The number of thiocarbonyl (C=S) groups is 1. The largest absolute Gasteiger partial charge is 0.492 e. The third-order valence-corrected chi connectivity index (χ3v) is 3.43. The average Bonchev–Trinajstić information content (AvgIpc) is 2.25. The number of hydrogen-bond acceptors (Lipinski definition) is 4. The molecule has 0 aliphatic rings. The zero-order valence-electron chi connectivity index (χ0n) is 10.4. The summed E-state index contributed by atoms with van der Waals surface area (Å²) in [5.74, 6) is -0.831. The number of benzene rings is 1. The Bertz CT molecular complexity index is 612. The Kier molecular flexibility index (Phi) is 4.98. The summed E-state index contributed by atoms with van der Waals surface area (Å²) in [4.78, 5) is -0.168. The SMILES string of the molecule is CS(=O)(=O)CCOc1ccc(C(N)=S)cc1C(F)(F)F. The topological polar surface area (TPSA) is 69.4 Å². The minimum Gasteiger partial charge on any atom is -0.492 e. The lowest BCUT2D eigenvalue weighted by Crippen LogP contribution is -2.16. The molecule has 0 aliphatic carbocycles. The van der Waals surface area contributed by atoms with Crippen LogP contribution in [0.4, 0.5) is 13.2 Å². The van der Waals surface area contributed by atoms with Crippen LogP contribution in [0.15, 0.2) is 18.2 Å². The predicted molar refractivity (Wildman–Crippen MR) is 72.5 cm³/mol. The zero-order chi connectivity index (χ0) is 15.6. The van der Waals surface area contributed by atoms with Gasteiger partial charge >= 0.3 is 6.18 Å². The van der Waals surface area contributed by atoms with Crippen molar-refractivity contribution in [1.82, 2.24) is 0 Å². The van der Waals surface area contributed by atoms with Crippen LogP contribution in [0.2, 0.25) is 0 Å². The van der Waals surface area contributed by atoms with E-state index in [0.717, 1.165) is 18.4 Å². The lowest BCUT2D eigenvalue weighted by Gasteiger charge is -2.15. The van der Waals surface area contributed by atoms with Crippen molar-refractivity contribution in [1.29, 1.82) is 0 Å². The molecule has 0 radical (unpaired) electrons. The van der Waals surface area contributed by atoms with Gasteiger partial charge in [-0.1, -0.05) is 12.2 Å². The molecule has 112 valence electrons. The van der Waals surface area contributed by atoms with Crippen LogP contribution in [-0.4, -0.2) is 32.0 Å². The standard InChI is InChI=1S/C11H12F3NO3S2/c1-20(16,17)5-4-18-9-3-2-7(10(15)19)6-8(9)11(12,13)14/h2-3,6H,4-5H2,1H3,(H2,15,19). The van der Waals surface area contributed by atoms with E-state index in [1.807, 2.05) is 0 Å². The van der Waals surface area contributed by atoms with Gasteiger partial charge in [-0.2, -0.15) is 13.2 Å². The molecule has 1 aromatic rings. The number of rotatable bonds is 5. The molecule has 0 saturated carbocycles. The summed E-state index contributed by atoms with van der Waals surface area (Å²) in [6.07, 6.45) is -3.68. The second-order valence-corrected chi connectivity index (χ2v) is 6.75. The van der Waals surface area contributed by atoms with Crippen molar-refractivity contribution in [2.24, 2.45) is 5.73 Å². The van der Waals surface area contributed by atoms with E-state index in [4.69, 9.17) is 10.5 Å². The van der Waals surface area contributed by atoms with Gasteiger partial charge in [0.05, 0.1) is 11.3 Å². The van der Waals surface area contributed by atoms with Gasteiger partial charge in [0.2, 0.25) is 0 Å². The van der Waals surface area contributed by atoms with Crippen LogP contribution in [0.25, 0.3) is 0 Å². The van der Waals surface area contributed by atoms with Gasteiger partial charge in [0.15, 0.2) is 9.84 Å². The number of halogens is 3. The van der Waals surface area contributed by atoms with E-state index < -0.39 is 27.3 Å². The fourth-order valence-electron chi connectivity index (χ4n) is 1.33. The van der Waals surface area contributed by atoms with Gasteiger partial charge in [-0.3, -0.25) is 0 Å². The number of sulfone groups is 1. The van der Waals surface area contributed by atoms with E-state index in [1.165, 1.54) is 6.07 Å². The summed E-state index contributed by atoms with van der Waals surface area (Å²) in [6, 6.07) is 3.13. The van der Waals surface area contributed by atoms with E-state index >= 15 is 0 Å². The maximum Gasteiger partial charge on any atom is 0.419 e. The normalized spacial score (nSPS) is 12.2. The first-order chi connectivity index (χ1) is 9.00. The predicted octanol–water partition coefficient (Wildman–Crippen LogP) is 1.76. The van der Waals surface area contributed by atoms with E-state index in [-0.39, 0.29) is 22.9 Å².